The van der Waals surface area contributed by atoms with E-state index in [0.717, 1.165) is 6.54 Å². The molecule has 0 fully saturated rings. The summed E-state index contributed by atoms with van der Waals surface area (Å²) < 4.78 is 0. The van der Waals surface area contributed by atoms with Crippen LogP contribution in [0.15, 0.2) is 37.7 Å². The van der Waals surface area contributed by atoms with E-state index in [-0.39, 0.29) is 0 Å². The summed E-state index contributed by atoms with van der Waals surface area (Å²) in [5, 5.41) is 0. The third-order valence-corrected chi connectivity index (χ3v) is 0.915. The third-order valence-electron chi connectivity index (χ3n) is 0.915. The Hall–Kier alpha value is -0.980. The Labute approximate surface area is 57.0 Å². The maximum Gasteiger partial charge on any atom is 0.0397 e. The topological polar surface area (TPSA) is 3.24 Å². The van der Waals surface area contributed by atoms with Gasteiger partial charge in [-0.25, -0.2) is 0 Å². The second-order valence-electron chi connectivity index (χ2n) is 1.65. The standard InChI is InChI=1S/C8H13N/c1-4-7-9(6-3)8-5-2/h4-6,8H,1,3,7H2,2H3/b8-5-. The average Bonchev–Trinajstić information content (AvgIpc) is 1.88. The SMILES string of the molecule is C=CCN(C=C)/C=C\C. The lowest BCUT2D eigenvalue weighted by atomic mass is 10.5. The summed E-state index contributed by atoms with van der Waals surface area (Å²) in [6, 6.07) is 0. The predicted octanol–water partition coefficient (Wildman–Crippen LogP) is 2.15. The Morgan fingerprint density at radius 3 is 2.44 bits per heavy atom. The smallest absolute Gasteiger partial charge is 0.0397 e. The number of rotatable bonds is 4. The lowest BCUT2D eigenvalue weighted by Gasteiger charge is -2.09. The van der Waals surface area contributed by atoms with Crippen LogP contribution in [0.2, 0.25) is 0 Å². The molecule has 0 bridgehead atoms. The summed E-state index contributed by atoms with van der Waals surface area (Å²) in [6.07, 6.45) is 7.52. The van der Waals surface area contributed by atoms with Crippen molar-refractivity contribution in [3.8, 4) is 0 Å². The van der Waals surface area contributed by atoms with E-state index in [1.165, 1.54) is 0 Å². The Morgan fingerprint density at radius 2 is 2.11 bits per heavy atom. The van der Waals surface area contributed by atoms with Gasteiger partial charge in [-0.05, 0) is 19.3 Å². The molecule has 0 aliphatic carbocycles. The maximum atomic E-state index is 3.63. The highest BCUT2D eigenvalue weighted by molar-refractivity contribution is 4.89. The number of nitrogens with zero attached hydrogens (tertiary/aromatic N) is 1. The van der Waals surface area contributed by atoms with Gasteiger partial charge in [0, 0.05) is 6.54 Å². The zero-order chi connectivity index (χ0) is 7.11. The van der Waals surface area contributed by atoms with Crippen LogP contribution in [0.4, 0.5) is 0 Å². The molecule has 0 unspecified atom stereocenters. The summed E-state index contributed by atoms with van der Waals surface area (Å²) >= 11 is 0. The van der Waals surface area contributed by atoms with Crippen LogP contribution < -0.4 is 0 Å². The molecule has 0 saturated heterocycles. The van der Waals surface area contributed by atoms with Crippen LogP contribution >= 0.6 is 0 Å². The summed E-state index contributed by atoms with van der Waals surface area (Å²) in [5.74, 6) is 0. The minimum atomic E-state index is 0.827. The summed E-state index contributed by atoms with van der Waals surface area (Å²) in [6.45, 7) is 10.0. The minimum absolute atomic E-state index is 0.827. The lowest BCUT2D eigenvalue weighted by molar-refractivity contribution is 0.567. The first kappa shape index (κ1) is 8.02. The molecule has 0 spiro atoms. The van der Waals surface area contributed by atoms with Crippen LogP contribution in [0, 0.1) is 0 Å². The van der Waals surface area contributed by atoms with Gasteiger partial charge in [-0.1, -0.05) is 18.7 Å². The molecule has 0 aromatic heterocycles. The van der Waals surface area contributed by atoms with Gasteiger partial charge < -0.3 is 4.90 Å². The highest BCUT2D eigenvalue weighted by Gasteiger charge is 1.83. The Morgan fingerprint density at radius 1 is 1.44 bits per heavy atom. The monoisotopic (exact) mass is 123 g/mol. The highest BCUT2D eigenvalue weighted by Crippen LogP contribution is 1.88. The molecule has 0 heterocycles. The van der Waals surface area contributed by atoms with E-state index in [1.807, 2.05) is 30.2 Å². The van der Waals surface area contributed by atoms with Crippen molar-refractivity contribution in [1.82, 2.24) is 4.90 Å². The van der Waals surface area contributed by atoms with Gasteiger partial charge in [0.1, 0.15) is 0 Å². The van der Waals surface area contributed by atoms with Crippen molar-refractivity contribution in [3.05, 3.63) is 37.7 Å². The molecule has 0 radical (unpaired) electrons. The molecule has 0 aromatic carbocycles. The van der Waals surface area contributed by atoms with E-state index < -0.39 is 0 Å². The zero-order valence-electron chi connectivity index (χ0n) is 5.88. The van der Waals surface area contributed by atoms with Crippen LogP contribution in [0.1, 0.15) is 6.92 Å². The molecule has 0 N–H and O–H groups in total. The van der Waals surface area contributed by atoms with E-state index in [4.69, 9.17) is 0 Å². The molecule has 1 nitrogen and oxygen atoms in total. The molecule has 0 aromatic rings. The molecule has 0 rings (SSSR count). The summed E-state index contributed by atoms with van der Waals surface area (Å²) in [7, 11) is 0. The maximum absolute atomic E-state index is 3.63. The fourth-order valence-electron chi connectivity index (χ4n) is 0.537. The largest absolute Gasteiger partial charge is 0.351 e. The molecular weight excluding hydrogens is 110 g/mol. The van der Waals surface area contributed by atoms with Crippen molar-refractivity contribution in [3.63, 3.8) is 0 Å². The van der Waals surface area contributed by atoms with Gasteiger partial charge >= 0.3 is 0 Å². The second-order valence-corrected chi connectivity index (χ2v) is 1.65. The minimum Gasteiger partial charge on any atom is -0.351 e. The van der Waals surface area contributed by atoms with E-state index in [9.17, 15) is 0 Å². The molecule has 0 atom stereocenters. The summed E-state index contributed by atoms with van der Waals surface area (Å²) in [4.78, 5) is 1.95. The van der Waals surface area contributed by atoms with Crippen LogP contribution in [0.25, 0.3) is 0 Å². The van der Waals surface area contributed by atoms with Gasteiger partial charge in [0.25, 0.3) is 0 Å². The lowest BCUT2D eigenvalue weighted by Crippen LogP contribution is -2.07. The molecule has 0 aliphatic rings. The van der Waals surface area contributed by atoms with Gasteiger partial charge in [-0.15, -0.1) is 6.58 Å². The first-order chi connectivity index (χ1) is 4.35. The van der Waals surface area contributed by atoms with E-state index in [2.05, 4.69) is 13.2 Å². The van der Waals surface area contributed by atoms with E-state index >= 15 is 0 Å². The van der Waals surface area contributed by atoms with Gasteiger partial charge in [0.05, 0.1) is 0 Å². The fourth-order valence-corrected chi connectivity index (χ4v) is 0.537. The number of hydrogen-bond acceptors (Lipinski definition) is 1. The van der Waals surface area contributed by atoms with Gasteiger partial charge in [0.15, 0.2) is 0 Å². The van der Waals surface area contributed by atoms with Crippen molar-refractivity contribution in [2.45, 2.75) is 6.92 Å². The van der Waals surface area contributed by atoms with Crippen LogP contribution in [-0.2, 0) is 0 Å². The zero-order valence-corrected chi connectivity index (χ0v) is 5.88. The van der Waals surface area contributed by atoms with E-state index in [0.29, 0.717) is 0 Å². The van der Waals surface area contributed by atoms with Crippen molar-refractivity contribution in [1.29, 1.82) is 0 Å². The van der Waals surface area contributed by atoms with Gasteiger partial charge in [0.2, 0.25) is 0 Å². The van der Waals surface area contributed by atoms with Crippen LogP contribution in [0.3, 0.4) is 0 Å². The highest BCUT2D eigenvalue weighted by atomic mass is 15.1. The van der Waals surface area contributed by atoms with Crippen LogP contribution in [-0.4, -0.2) is 11.4 Å². The molecule has 9 heavy (non-hydrogen) atoms. The Kier molecular flexibility index (Phi) is 4.60. The van der Waals surface area contributed by atoms with Crippen molar-refractivity contribution < 1.29 is 0 Å². The first-order valence-corrected chi connectivity index (χ1v) is 2.97. The van der Waals surface area contributed by atoms with Crippen molar-refractivity contribution >= 4 is 0 Å². The van der Waals surface area contributed by atoms with Crippen molar-refractivity contribution in [2.75, 3.05) is 6.54 Å². The fraction of sp³-hybridized carbons (Fsp3) is 0.250. The molecule has 50 valence electrons. The normalized spacial score (nSPS) is 9.44. The first-order valence-electron chi connectivity index (χ1n) is 2.97. The molecule has 1 heteroatoms. The molecular formula is C8H13N. The van der Waals surface area contributed by atoms with E-state index in [1.54, 1.807) is 6.20 Å². The van der Waals surface area contributed by atoms with Gasteiger partial charge in [-0.3, -0.25) is 0 Å². The van der Waals surface area contributed by atoms with Crippen LogP contribution in [0.5, 0.6) is 0 Å². The van der Waals surface area contributed by atoms with Crippen molar-refractivity contribution in [2.24, 2.45) is 0 Å². The Bertz CT molecular complexity index is 114. The molecule has 0 amide bonds. The molecule has 0 saturated carbocycles. The van der Waals surface area contributed by atoms with Gasteiger partial charge in [-0.2, -0.15) is 0 Å². The second kappa shape index (κ2) is 5.16. The Balaban J connectivity index is 3.66. The third kappa shape index (κ3) is 3.59. The number of hydrogen-bond donors (Lipinski definition) is 0. The predicted molar refractivity (Wildman–Crippen MR) is 41.9 cm³/mol. The quantitative estimate of drug-likeness (QED) is 0.518. The molecule has 0 aliphatic heterocycles. The number of allylic oxidation sites excluding steroid dienone is 1. The summed E-state index contributed by atoms with van der Waals surface area (Å²) in [5.41, 5.74) is 0. The average molecular weight is 123 g/mol.